The van der Waals surface area contributed by atoms with Crippen LogP contribution >= 0.6 is 0 Å². The lowest BCUT2D eigenvalue weighted by atomic mass is 10.2. The van der Waals surface area contributed by atoms with E-state index in [1.54, 1.807) is 24.9 Å². The Kier molecular flexibility index (Phi) is 5.48. The van der Waals surface area contributed by atoms with Crippen molar-refractivity contribution in [1.82, 2.24) is 28.6 Å². The summed E-state index contributed by atoms with van der Waals surface area (Å²) in [4.78, 5) is 30.9. The van der Waals surface area contributed by atoms with E-state index < -0.39 is 33.5 Å². The number of benzene rings is 1. The van der Waals surface area contributed by atoms with Gasteiger partial charge in [0.05, 0.1) is 46.3 Å². The smallest absolute Gasteiger partial charge is 0.332 e. The summed E-state index contributed by atoms with van der Waals surface area (Å²) in [6, 6.07) is 3.93. The highest BCUT2D eigenvalue weighted by atomic mass is 32.2. The fourth-order valence-electron chi connectivity index (χ4n) is 4.00. The largest absolute Gasteiger partial charge is 0.449 e. The monoisotopic (exact) mass is 502 g/mol. The van der Waals surface area contributed by atoms with Gasteiger partial charge >= 0.3 is 5.69 Å². The number of alkyl halides is 1. The average Bonchev–Trinajstić information content (AvgIpc) is 3.26. The summed E-state index contributed by atoms with van der Waals surface area (Å²) in [5.41, 5.74) is -0.986. The Morgan fingerprint density at radius 3 is 2.57 bits per heavy atom. The molecule has 35 heavy (non-hydrogen) atoms. The second-order valence-electron chi connectivity index (χ2n) is 8.84. The number of fused-ring (bicyclic) bond motifs is 1. The number of oxazole rings is 1. The minimum atomic E-state index is -4.09. The van der Waals surface area contributed by atoms with Crippen molar-refractivity contribution in [3.05, 3.63) is 74.8 Å². The molecule has 1 aromatic carbocycles. The number of aryl methyl sites for hydroxylation is 2. The number of halogens is 1. The number of nitrogens with one attached hydrogen (secondary N) is 1. The van der Waals surface area contributed by atoms with Crippen molar-refractivity contribution in [2.75, 3.05) is 6.67 Å². The molecule has 184 valence electrons. The fourth-order valence-corrected chi connectivity index (χ4v) is 5.47. The van der Waals surface area contributed by atoms with E-state index in [0.29, 0.717) is 30.0 Å². The predicted octanol–water partition coefficient (Wildman–Crippen LogP) is 1.07. The van der Waals surface area contributed by atoms with Gasteiger partial charge < -0.3 is 4.42 Å². The summed E-state index contributed by atoms with van der Waals surface area (Å²) in [5.74, 6) is 0.419. The summed E-state index contributed by atoms with van der Waals surface area (Å²) in [7, 11) is -2.37. The molecule has 0 aliphatic heterocycles. The fraction of sp³-hybridized carbons (Fsp3) is 0.364. The molecule has 1 aliphatic rings. The topological polar surface area (TPSA) is 134 Å². The van der Waals surface area contributed by atoms with Gasteiger partial charge in [-0.25, -0.2) is 27.3 Å². The molecule has 13 heteroatoms. The van der Waals surface area contributed by atoms with Crippen LogP contribution in [0.2, 0.25) is 0 Å². The first-order chi connectivity index (χ1) is 16.6. The van der Waals surface area contributed by atoms with Crippen molar-refractivity contribution in [3.63, 3.8) is 0 Å². The Balaban J connectivity index is 1.68. The highest BCUT2D eigenvalue weighted by molar-refractivity contribution is 7.89. The highest BCUT2D eigenvalue weighted by Gasteiger charge is 2.46. The molecule has 1 N–H and O–H groups in total. The van der Waals surface area contributed by atoms with Crippen LogP contribution in [0.1, 0.15) is 30.0 Å². The van der Waals surface area contributed by atoms with Gasteiger partial charge in [-0.15, -0.1) is 0 Å². The van der Waals surface area contributed by atoms with Gasteiger partial charge in [0.15, 0.2) is 5.89 Å². The zero-order valence-electron chi connectivity index (χ0n) is 19.1. The summed E-state index contributed by atoms with van der Waals surface area (Å²) in [6.45, 7) is 0.811. The van der Waals surface area contributed by atoms with Crippen LogP contribution in [0.4, 0.5) is 4.39 Å². The number of aromatic nitrogens is 5. The van der Waals surface area contributed by atoms with E-state index in [4.69, 9.17) is 4.42 Å². The van der Waals surface area contributed by atoms with Gasteiger partial charge in [0.2, 0.25) is 10.0 Å². The Morgan fingerprint density at radius 2 is 1.97 bits per heavy atom. The van der Waals surface area contributed by atoms with Gasteiger partial charge in [-0.2, -0.15) is 5.10 Å². The summed E-state index contributed by atoms with van der Waals surface area (Å²) in [6.07, 6.45) is 5.45. The molecule has 0 spiro atoms. The van der Waals surface area contributed by atoms with Gasteiger partial charge in [-0.1, -0.05) is 0 Å². The summed E-state index contributed by atoms with van der Waals surface area (Å²) >= 11 is 0. The molecule has 11 nitrogen and oxygen atoms in total. The lowest BCUT2D eigenvalue weighted by Gasteiger charge is -2.16. The molecule has 0 unspecified atom stereocenters. The second-order valence-corrected chi connectivity index (χ2v) is 10.5. The van der Waals surface area contributed by atoms with E-state index in [-0.39, 0.29) is 28.9 Å². The molecular formula is C22H23FN6O5S. The zero-order valence-corrected chi connectivity index (χ0v) is 19.9. The highest BCUT2D eigenvalue weighted by Crippen LogP contribution is 2.37. The van der Waals surface area contributed by atoms with Gasteiger partial charge in [0.25, 0.3) is 5.56 Å². The molecule has 1 fully saturated rings. The van der Waals surface area contributed by atoms with Crippen LogP contribution in [-0.4, -0.2) is 44.5 Å². The van der Waals surface area contributed by atoms with Crippen molar-refractivity contribution in [2.45, 2.75) is 43.3 Å². The van der Waals surface area contributed by atoms with Crippen molar-refractivity contribution in [3.8, 4) is 0 Å². The molecule has 0 atom stereocenters. The Labute approximate surface area is 198 Å². The van der Waals surface area contributed by atoms with Crippen molar-refractivity contribution < 1.29 is 17.2 Å². The molecule has 1 saturated carbocycles. The van der Waals surface area contributed by atoms with Crippen molar-refractivity contribution in [2.24, 2.45) is 7.05 Å². The van der Waals surface area contributed by atoms with Crippen molar-refractivity contribution >= 4 is 20.9 Å². The van der Waals surface area contributed by atoms with E-state index in [1.807, 2.05) is 0 Å². The summed E-state index contributed by atoms with van der Waals surface area (Å²) < 4.78 is 50.8. The maximum absolute atomic E-state index is 13.4. The molecule has 0 radical (unpaired) electrons. The molecule has 0 saturated heterocycles. The lowest BCUT2D eigenvalue weighted by molar-refractivity contribution is 0.393. The van der Waals surface area contributed by atoms with E-state index in [1.165, 1.54) is 35.2 Å². The van der Waals surface area contributed by atoms with Crippen LogP contribution in [-0.2, 0) is 30.2 Å². The third-order valence-corrected chi connectivity index (χ3v) is 7.63. The molecular weight excluding hydrogens is 479 g/mol. The number of nitrogens with zero attached hydrogens (tertiary/aromatic N) is 5. The zero-order chi connectivity index (χ0) is 25.0. The van der Waals surface area contributed by atoms with Crippen LogP contribution in [0.5, 0.6) is 0 Å². The van der Waals surface area contributed by atoms with Gasteiger partial charge in [-0.05, 0) is 31.0 Å². The second kappa shape index (κ2) is 8.27. The standard InChI is InChI=1S/C22H23FN6O5S/c1-14-25-16(12-34-14)11-28-19-4-3-17(35(32,33)26-22(13-23)5-6-22)7-18(19)20(30)29(21(28)31)10-15-8-24-27(2)9-15/h3-4,7-9,12,26H,5-6,10-11,13H2,1-2H3. The first-order valence-corrected chi connectivity index (χ1v) is 12.3. The molecule has 1 aliphatic carbocycles. The normalized spacial score (nSPS) is 15.1. The minimum Gasteiger partial charge on any atom is -0.449 e. The molecule has 0 bridgehead atoms. The number of hydrogen-bond donors (Lipinski definition) is 1. The van der Waals surface area contributed by atoms with Gasteiger partial charge in [0.1, 0.15) is 12.9 Å². The average molecular weight is 503 g/mol. The molecule has 4 aromatic rings. The maximum Gasteiger partial charge on any atom is 0.332 e. The third-order valence-electron chi connectivity index (χ3n) is 6.05. The Bertz CT molecular complexity index is 1660. The third kappa shape index (κ3) is 4.32. The van der Waals surface area contributed by atoms with E-state index in [9.17, 15) is 22.4 Å². The molecule has 0 amide bonds. The Morgan fingerprint density at radius 1 is 1.20 bits per heavy atom. The van der Waals surface area contributed by atoms with Gasteiger partial charge in [0, 0.05) is 25.7 Å². The first-order valence-electron chi connectivity index (χ1n) is 10.9. The van der Waals surface area contributed by atoms with E-state index >= 15 is 0 Å². The maximum atomic E-state index is 13.4. The molecule has 3 heterocycles. The lowest BCUT2D eigenvalue weighted by Crippen LogP contribution is -2.41. The van der Waals surface area contributed by atoms with Crippen LogP contribution in [0.25, 0.3) is 10.9 Å². The molecule has 3 aromatic heterocycles. The quantitative estimate of drug-likeness (QED) is 0.381. The molecule has 5 rings (SSSR count). The van der Waals surface area contributed by atoms with Crippen LogP contribution in [0, 0.1) is 6.92 Å². The predicted molar refractivity (Wildman–Crippen MR) is 123 cm³/mol. The van der Waals surface area contributed by atoms with E-state index in [0.717, 1.165) is 4.57 Å². The summed E-state index contributed by atoms with van der Waals surface area (Å²) in [5, 5.41) is 4.10. The van der Waals surface area contributed by atoms with Crippen LogP contribution in [0.15, 0.2) is 55.8 Å². The van der Waals surface area contributed by atoms with E-state index in [2.05, 4.69) is 14.8 Å². The number of sulfonamides is 1. The van der Waals surface area contributed by atoms with Crippen molar-refractivity contribution in [1.29, 1.82) is 0 Å². The first kappa shape index (κ1) is 23.2. The number of hydrogen-bond acceptors (Lipinski definition) is 7. The number of rotatable bonds is 8. The van der Waals surface area contributed by atoms with Crippen LogP contribution in [0.3, 0.4) is 0 Å². The SMILES string of the molecule is Cc1nc(Cn2c(=O)n(Cc3cnn(C)c3)c(=O)c3cc(S(=O)(=O)NC4(CF)CC4)ccc32)co1. The Hall–Kier alpha value is -3.58. The van der Waals surface area contributed by atoms with Crippen LogP contribution < -0.4 is 16.0 Å². The minimum absolute atomic E-state index is 0.00923. The van der Waals surface area contributed by atoms with Gasteiger partial charge in [-0.3, -0.25) is 18.6 Å².